The number of methoxy groups -OCH3 is 1. The molecule has 0 saturated carbocycles. The summed E-state index contributed by atoms with van der Waals surface area (Å²) in [6.45, 7) is 3.16. The number of hydrogen-bond donors (Lipinski definition) is 2. The van der Waals surface area contributed by atoms with Gasteiger partial charge in [-0.05, 0) is 43.5 Å². The molecular formula is C19H25N5O2. The molecular weight excluding hydrogens is 330 g/mol. The van der Waals surface area contributed by atoms with E-state index in [1.807, 2.05) is 12.1 Å². The minimum Gasteiger partial charge on any atom is -0.383 e. The van der Waals surface area contributed by atoms with Crippen molar-refractivity contribution in [2.24, 2.45) is 0 Å². The van der Waals surface area contributed by atoms with Crippen molar-refractivity contribution >= 4 is 23.1 Å². The Hall–Kier alpha value is -2.67. The van der Waals surface area contributed by atoms with E-state index < -0.39 is 0 Å². The fraction of sp³-hybridized carbons (Fsp3) is 0.421. The first-order valence-corrected chi connectivity index (χ1v) is 8.97. The predicted molar refractivity (Wildman–Crippen MR) is 102 cm³/mol. The van der Waals surface area contributed by atoms with Crippen molar-refractivity contribution in [1.82, 2.24) is 15.3 Å². The van der Waals surface area contributed by atoms with Crippen molar-refractivity contribution in [2.75, 3.05) is 43.6 Å². The minimum absolute atomic E-state index is 0.243. The summed E-state index contributed by atoms with van der Waals surface area (Å²) in [7, 11) is 1.59. The van der Waals surface area contributed by atoms with Crippen LogP contribution in [0.15, 0.2) is 36.7 Å². The van der Waals surface area contributed by atoms with Gasteiger partial charge in [-0.15, -0.1) is 0 Å². The molecule has 7 heteroatoms. The van der Waals surface area contributed by atoms with Crippen LogP contribution in [-0.4, -0.2) is 49.2 Å². The van der Waals surface area contributed by atoms with Gasteiger partial charge in [-0.3, -0.25) is 4.79 Å². The topological polar surface area (TPSA) is 79.4 Å². The molecule has 1 aromatic carbocycles. The van der Waals surface area contributed by atoms with Gasteiger partial charge in [0.15, 0.2) is 0 Å². The van der Waals surface area contributed by atoms with Gasteiger partial charge in [0.2, 0.25) is 0 Å². The summed E-state index contributed by atoms with van der Waals surface area (Å²) >= 11 is 0. The number of nitrogens with zero attached hydrogens (tertiary/aromatic N) is 3. The molecule has 0 radical (unpaired) electrons. The van der Waals surface area contributed by atoms with Crippen molar-refractivity contribution in [3.05, 3.63) is 42.4 Å². The molecule has 26 heavy (non-hydrogen) atoms. The maximum Gasteiger partial charge on any atom is 0.270 e. The van der Waals surface area contributed by atoms with Gasteiger partial charge in [-0.1, -0.05) is 0 Å². The van der Waals surface area contributed by atoms with Gasteiger partial charge >= 0.3 is 0 Å². The third-order valence-corrected chi connectivity index (χ3v) is 4.35. The number of anilines is 3. The lowest BCUT2D eigenvalue weighted by Gasteiger charge is -2.28. The largest absolute Gasteiger partial charge is 0.383 e. The third-order valence-electron chi connectivity index (χ3n) is 4.35. The Balaban J connectivity index is 1.61. The molecule has 0 bridgehead atoms. The molecule has 1 saturated heterocycles. The molecule has 1 fully saturated rings. The third kappa shape index (κ3) is 4.92. The van der Waals surface area contributed by atoms with E-state index in [9.17, 15) is 4.79 Å². The summed E-state index contributed by atoms with van der Waals surface area (Å²) in [5.41, 5.74) is 2.50. The number of carbonyl (C=O) groups excluding carboxylic acids is 1. The highest BCUT2D eigenvalue weighted by molar-refractivity contribution is 5.92. The molecule has 138 valence electrons. The zero-order chi connectivity index (χ0) is 18.2. The van der Waals surface area contributed by atoms with Gasteiger partial charge in [-0.25, -0.2) is 9.97 Å². The second-order valence-electron chi connectivity index (χ2n) is 6.26. The average Bonchev–Trinajstić information content (AvgIpc) is 2.69. The molecule has 0 spiro atoms. The predicted octanol–water partition coefficient (Wildman–Crippen LogP) is 2.59. The summed E-state index contributed by atoms with van der Waals surface area (Å²) in [5.74, 6) is 0.343. The van der Waals surface area contributed by atoms with Crippen molar-refractivity contribution < 1.29 is 9.53 Å². The monoisotopic (exact) mass is 355 g/mol. The highest BCUT2D eigenvalue weighted by Crippen LogP contribution is 2.23. The van der Waals surface area contributed by atoms with Crippen LogP contribution in [0.5, 0.6) is 0 Å². The smallest absolute Gasteiger partial charge is 0.270 e. The van der Waals surface area contributed by atoms with Crippen LogP contribution in [0.2, 0.25) is 0 Å². The second-order valence-corrected chi connectivity index (χ2v) is 6.26. The van der Waals surface area contributed by atoms with Gasteiger partial charge in [0.1, 0.15) is 17.8 Å². The number of aromatic nitrogens is 2. The van der Waals surface area contributed by atoms with Crippen LogP contribution in [-0.2, 0) is 4.74 Å². The van der Waals surface area contributed by atoms with Crippen molar-refractivity contribution in [3.8, 4) is 0 Å². The summed E-state index contributed by atoms with van der Waals surface area (Å²) in [5, 5.41) is 5.97. The van der Waals surface area contributed by atoms with Crippen LogP contribution in [0, 0.1) is 0 Å². The molecule has 1 aliphatic rings. The number of nitrogens with one attached hydrogen (secondary N) is 2. The van der Waals surface area contributed by atoms with E-state index in [0.717, 1.165) is 18.8 Å². The molecule has 1 amide bonds. The normalized spacial score (nSPS) is 14.1. The van der Waals surface area contributed by atoms with Crippen LogP contribution in [0.3, 0.4) is 0 Å². The van der Waals surface area contributed by atoms with E-state index in [0.29, 0.717) is 24.7 Å². The van der Waals surface area contributed by atoms with Gasteiger partial charge in [0.25, 0.3) is 5.91 Å². The van der Waals surface area contributed by atoms with Gasteiger partial charge < -0.3 is 20.3 Å². The summed E-state index contributed by atoms with van der Waals surface area (Å²) < 4.78 is 4.92. The summed E-state index contributed by atoms with van der Waals surface area (Å²) in [6.07, 6.45) is 5.23. The number of carbonyl (C=O) groups is 1. The number of ether oxygens (including phenoxy) is 1. The van der Waals surface area contributed by atoms with E-state index in [1.165, 1.54) is 31.3 Å². The lowest BCUT2D eigenvalue weighted by molar-refractivity contribution is 0.0932. The van der Waals surface area contributed by atoms with Gasteiger partial charge in [0, 0.05) is 44.2 Å². The SMILES string of the molecule is COCCNC(=O)c1cc(Nc2ccc(N3CCCCC3)cc2)ncn1. The number of benzene rings is 1. The lowest BCUT2D eigenvalue weighted by Crippen LogP contribution is -2.29. The molecule has 7 nitrogen and oxygen atoms in total. The zero-order valence-electron chi connectivity index (χ0n) is 15.1. The van der Waals surface area contributed by atoms with E-state index in [1.54, 1.807) is 13.2 Å². The molecule has 2 heterocycles. The van der Waals surface area contributed by atoms with E-state index in [-0.39, 0.29) is 5.91 Å². The average molecular weight is 355 g/mol. The van der Waals surface area contributed by atoms with Crippen LogP contribution in [0.1, 0.15) is 29.8 Å². The Labute approximate surface area is 153 Å². The highest BCUT2D eigenvalue weighted by Gasteiger charge is 2.11. The molecule has 0 atom stereocenters. The van der Waals surface area contributed by atoms with Crippen LogP contribution < -0.4 is 15.5 Å². The first kappa shape index (κ1) is 18.1. The van der Waals surface area contributed by atoms with E-state index >= 15 is 0 Å². The Bertz CT molecular complexity index is 714. The van der Waals surface area contributed by atoms with Crippen LogP contribution in [0.4, 0.5) is 17.2 Å². The Morgan fingerprint density at radius 3 is 2.65 bits per heavy atom. The number of amides is 1. The molecule has 2 aromatic rings. The molecule has 0 unspecified atom stereocenters. The Morgan fingerprint density at radius 1 is 1.15 bits per heavy atom. The van der Waals surface area contributed by atoms with Crippen molar-refractivity contribution in [1.29, 1.82) is 0 Å². The highest BCUT2D eigenvalue weighted by atomic mass is 16.5. The van der Waals surface area contributed by atoms with E-state index in [2.05, 4.69) is 37.6 Å². The Kier molecular flexibility index (Phi) is 6.38. The lowest BCUT2D eigenvalue weighted by atomic mass is 10.1. The number of rotatable bonds is 7. The van der Waals surface area contributed by atoms with Gasteiger partial charge in [0.05, 0.1) is 6.61 Å². The fourth-order valence-electron chi connectivity index (χ4n) is 2.96. The fourth-order valence-corrected chi connectivity index (χ4v) is 2.96. The van der Waals surface area contributed by atoms with Crippen LogP contribution >= 0.6 is 0 Å². The Morgan fingerprint density at radius 2 is 1.92 bits per heavy atom. The summed E-state index contributed by atoms with van der Waals surface area (Å²) in [4.78, 5) is 22.7. The second kappa shape index (κ2) is 9.15. The maximum absolute atomic E-state index is 12.1. The van der Waals surface area contributed by atoms with E-state index in [4.69, 9.17) is 4.74 Å². The number of hydrogen-bond acceptors (Lipinski definition) is 6. The first-order chi connectivity index (χ1) is 12.8. The standard InChI is InChI=1S/C19H25N5O2/c1-26-12-9-20-19(25)17-13-18(22-14-21-17)23-15-5-7-16(8-6-15)24-10-3-2-4-11-24/h5-8,13-14H,2-4,9-12H2,1H3,(H,20,25)(H,21,22,23). The maximum atomic E-state index is 12.1. The van der Waals surface area contributed by atoms with Gasteiger partial charge in [-0.2, -0.15) is 0 Å². The molecule has 1 aromatic heterocycles. The molecule has 3 rings (SSSR count). The van der Waals surface area contributed by atoms with Crippen LogP contribution in [0.25, 0.3) is 0 Å². The molecule has 2 N–H and O–H groups in total. The minimum atomic E-state index is -0.243. The van der Waals surface area contributed by atoms with Crippen molar-refractivity contribution in [3.63, 3.8) is 0 Å². The number of piperidine rings is 1. The summed E-state index contributed by atoms with van der Waals surface area (Å²) in [6, 6.07) is 9.94. The molecule has 1 aliphatic heterocycles. The first-order valence-electron chi connectivity index (χ1n) is 8.97. The quantitative estimate of drug-likeness (QED) is 0.743. The van der Waals surface area contributed by atoms with Crippen molar-refractivity contribution in [2.45, 2.75) is 19.3 Å². The zero-order valence-corrected chi connectivity index (χ0v) is 15.1. The molecule has 0 aliphatic carbocycles.